The second kappa shape index (κ2) is 9.62. The molecule has 0 unspecified atom stereocenters. The molecular weight excluding hydrogens is 426 g/mol. The number of methoxy groups -OCH3 is 2. The third-order valence-electron chi connectivity index (χ3n) is 5.04. The zero-order valence-electron chi connectivity index (χ0n) is 17.7. The van der Waals surface area contributed by atoms with Crippen molar-refractivity contribution in [3.05, 3.63) is 78.9 Å². The Morgan fingerprint density at radius 1 is 0.844 bits per heavy atom. The Morgan fingerprint density at radius 3 is 2.28 bits per heavy atom. The van der Waals surface area contributed by atoms with E-state index in [0.717, 1.165) is 39.1 Å². The lowest BCUT2D eigenvalue weighted by atomic mass is 9.99. The number of anilines is 1. The summed E-state index contributed by atoms with van der Waals surface area (Å²) in [4.78, 5) is 11.5. The number of carbonyl (C=O) groups is 1. The summed E-state index contributed by atoms with van der Waals surface area (Å²) < 4.78 is 17.2. The Balaban J connectivity index is 1.78. The highest BCUT2D eigenvalue weighted by Gasteiger charge is 2.14. The van der Waals surface area contributed by atoms with Gasteiger partial charge in [-0.2, -0.15) is 0 Å². The van der Waals surface area contributed by atoms with Gasteiger partial charge in [-0.05, 0) is 71.6 Å². The van der Waals surface area contributed by atoms with Crippen molar-refractivity contribution in [3.63, 3.8) is 0 Å². The molecule has 5 nitrogen and oxygen atoms in total. The van der Waals surface area contributed by atoms with Crippen LogP contribution in [-0.4, -0.2) is 26.0 Å². The van der Waals surface area contributed by atoms with Crippen molar-refractivity contribution in [1.29, 1.82) is 0 Å². The molecule has 0 fully saturated rings. The molecule has 32 heavy (non-hydrogen) atoms. The number of benzene rings is 4. The lowest BCUT2D eigenvalue weighted by Crippen LogP contribution is -2.12. The predicted molar refractivity (Wildman–Crippen MR) is 128 cm³/mol. The van der Waals surface area contributed by atoms with Crippen LogP contribution in [0, 0.1) is 0 Å². The number of hydrogen-bond donors (Lipinski definition) is 1. The number of nitrogens with one attached hydrogen (secondary N) is 1. The Labute approximate surface area is 191 Å². The first-order valence-corrected chi connectivity index (χ1v) is 10.5. The number of ether oxygens (including phenoxy) is 3. The van der Waals surface area contributed by atoms with E-state index in [-0.39, 0.29) is 11.8 Å². The van der Waals surface area contributed by atoms with Crippen molar-refractivity contribution in [2.45, 2.75) is 0 Å². The van der Waals surface area contributed by atoms with Crippen molar-refractivity contribution in [2.75, 3.05) is 25.4 Å². The zero-order chi connectivity index (χ0) is 22.5. The molecule has 4 rings (SSSR count). The second-order valence-corrected chi connectivity index (χ2v) is 7.34. The number of rotatable bonds is 7. The molecule has 0 saturated carbocycles. The third kappa shape index (κ3) is 4.63. The summed E-state index contributed by atoms with van der Waals surface area (Å²) in [5.41, 5.74) is 2.56. The van der Waals surface area contributed by atoms with Gasteiger partial charge < -0.3 is 19.5 Å². The summed E-state index contributed by atoms with van der Waals surface area (Å²) >= 11 is 5.56. The van der Waals surface area contributed by atoms with Crippen LogP contribution in [0.15, 0.2) is 78.9 Å². The van der Waals surface area contributed by atoms with Gasteiger partial charge in [0, 0.05) is 16.6 Å². The van der Waals surface area contributed by atoms with Gasteiger partial charge in [0.25, 0.3) is 0 Å². The van der Waals surface area contributed by atoms with Crippen LogP contribution < -0.4 is 19.5 Å². The second-order valence-electron chi connectivity index (χ2n) is 7.07. The minimum atomic E-state index is -0.261. The normalized spacial score (nSPS) is 10.6. The molecule has 0 spiro atoms. The van der Waals surface area contributed by atoms with E-state index in [2.05, 4.69) is 5.32 Å². The number of fused-ring (bicyclic) bond motifs is 1. The van der Waals surface area contributed by atoms with E-state index in [9.17, 15) is 4.79 Å². The van der Waals surface area contributed by atoms with Crippen LogP contribution in [0.1, 0.15) is 0 Å². The molecular formula is C26H22ClNO4. The van der Waals surface area contributed by atoms with Gasteiger partial charge in [0.15, 0.2) is 0 Å². The number of carbonyl (C=O) groups excluding carboxylic acids is 1. The molecule has 1 amide bonds. The van der Waals surface area contributed by atoms with E-state index in [1.165, 1.54) is 0 Å². The molecule has 0 aliphatic rings. The van der Waals surface area contributed by atoms with Crippen molar-refractivity contribution in [2.24, 2.45) is 0 Å². The van der Waals surface area contributed by atoms with Crippen molar-refractivity contribution in [3.8, 4) is 34.1 Å². The molecule has 0 radical (unpaired) electrons. The number of alkyl halides is 1. The molecule has 1 N–H and O–H groups in total. The maximum absolute atomic E-state index is 11.5. The Morgan fingerprint density at radius 2 is 1.56 bits per heavy atom. The lowest BCUT2D eigenvalue weighted by Gasteiger charge is -2.16. The molecule has 0 heterocycles. The fourth-order valence-corrected chi connectivity index (χ4v) is 3.52. The van der Waals surface area contributed by atoms with E-state index in [1.807, 2.05) is 66.7 Å². The van der Waals surface area contributed by atoms with Crippen molar-refractivity contribution in [1.82, 2.24) is 0 Å². The van der Waals surface area contributed by atoms with Gasteiger partial charge in [0.1, 0.15) is 28.9 Å². The number of amides is 1. The molecule has 162 valence electrons. The summed E-state index contributed by atoms with van der Waals surface area (Å²) in [6.45, 7) is 0. The summed E-state index contributed by atoms with van der Waals surface area (Å²) in [6.07, 6.45) is 0. The average Bonchev–Trinajstić information content (AvgIpc) is 2.84. The molecule has 4 aromatic rings. The topological polar surface area (TPSA) is 56.8 Å². The van der Waals surface area contributed by atoms with Crippen LogP contribution in [-0.2, 0) is 4.79 Å². The van der Waals surface area contributed by atoms with Crippen LogP contribution in [0.4, 0.5) is 5.69 Å². The molecule has 0 bridgehead atoms. The van der Waals surface area contributed by atoms with E-state index >= 15 is 0 Å². The summed E-state index contributed by atoms with van der Waals surface area (Å²) in [6, 6.07) is 25.0. The van der Waals surface area contributed by atoms with E-state index in [1.54, 1.807) is 26.4 Å². The van der Waals surface area contributed by atoms with Gasteiger partial charge in [-0.1, -0.05) is 18.2 Å². The first kappa shape index (κ1) is 21.5. The largest absolute Gasteiger partial charge is 0.497 e. The molecule has 0 aromatic heterocycles. The van der Waals surface area contributed by atoms with Crippen LogP contribution >= 0.6 is 11.6 Å². The highest BCUT2D eigenvalue weighted by Crippen LogP contribution is 2.41. The minimum absolute atomic E-state index is 0.0956. The fraction of sp³-hybridized carbons (Fsp3) is 0.115. The van der Waals surface area contributed by atoms with Crippen molar-refractivity contribution >= 4 is 34.0 Å². The lowest BCUT2D eigenvalue weighted by molar-refractivity contribution is -0.113. The first-order chi connectivity index (χ1) is 15.6. The zero-order valence-corrected chi connectivity index (χ0v) is 18.5. The molecule has 0 aliphatic heterocycles. The fourth-order valence-electron chi connectivity index (χ4n) is 3.45. The van der Waals surface area contributed by atoms with Gasteiger partial charge in [-0.15, -0.1) is 11.6 Å². The van der Waals surface area contributed by atoms with E-state index in [4.69, 9.17) is 25.8 Å². The molecule has 0 aliphatic carbocycles. The highest BCUT2D eigenvalue weighted by atomic mass is 35.5. The molecule has 0 atom stereocenters. The summed E-state index contributed by atoms with van der Waals surface area (Å²) in [5.74, 6) is 2.54. The number of halogens is 1. The minimum Gasteiger partial charge on any atom is -0.497 e. The smallest absolute Gasteiger partial charge is 0.239 e. The maximum atomic E-state index is 11.5. The molecule has 4 aromatic carbocycles. The summed E-state index contributed by atoms with van der Waals surface area (Å²) in [7, 11) is 3.29. The standard InChI is InChI=1S/C26H22ClNO4/c1-30-21-5-3-4-17(14-21)23-12-6-18-15-22(31-2)11-13-24(18)26(23)32-20-9-7-19(8-10-20)28-25(29)16-27/h3-15H,16H2,1-2H3,(H,28,29). The van der Waals surface area contributed by atoms with Gasteiger partial charge >= 0.3 is 0 Å². The van der Waals surface area contributed by atoms with Crippen molar-refractivity contribution < 1.29 is 19.0 Å². The van der Waals surface area contributed by atoms with Gasteiger partial charge in [0.2, 0.25) is 5.91 Å². The van der Waals surface area contributed by atoms with Crippen LogP contribution in [0.5, 0.6) is 23.0 Å². The maximum Gasteiger partial charge on any atom is 0.239 e. The van der Waals surface area contributed by atoms with Gasteiger partial charge in [0.05, 0.1) is 14.2 Å². The van der Waals surface area contributed by atoms with Crippen LogP contribution in [0.25, 0.3) is 21.9 Å². The van der Waals surface area contributed by atoms with Crippen LogP contribution in [0.2, 0.25) is 0 Å². The SMILES string of the molecule is COc1cccc(-c2ccc3cc(OC)ccc3c2Oc2ccc(NC(=O)CCl)cc2)c1. The Bertz CT molecular complexity index is 1250. The first-order valence-electron chi connectivity index (χ1n) is 10.00. The van der Waals surface area contributed by atoms with Gasteiger partial charge in [-0.3, -0.25) is 4.79 Å². The average molecular weight is 448 g/mol. The molecule has 0 saturated heterocycles. The third-order valence-corrected chi connectivity index (χ3v) is 5.28. The highest BCUT2D eigenvalue weighted by molar-refractivity contribution is 6.29. The van der Waals surface area contributed by atoms with Crippen LogP contribution in [0.3, 0.4) is 0 Å². The van der Waals surface area contributed by atoms with Gasteiger partial charge in [-0.25, -0.2) is 0 Å². The molecule has 6 heteroatoms. The van der Waals surface area contributed by atoms with E-state index in [0.29, 0.717) is 11.4 Å². The Kier molecular flexibility index (Phi) is 6.47. The summed E-state index contributed by atoms with van der Waals surface area (Å²) in [5, 5.41) is 4.67. The van der Waals surface area contributed by atoms with E-state index < -0.39 is 0 Å². The number of hydrogen-bond acceptors (Lipinski definition) is 4. The Hall–Kier alpha value is -3.70. The quantitative estimate of drug-likeness (QED) is 0.329. The monoisotopic (exact) mass is 447 g/mol. The predicted octanol–water partition coefficient (Wildman–Crippen LogP) is 6.49.